The molecule has 0 radical (unpaired) electrons. The lowest BCUT2D eigenvalue weighted by Gasteiger charge is -2.16. The molecule has 0 saturated heterocycles. The van der Waals surface area contributed by atoms with Crippen LogP contribution in [0.25, 0.3) is 0 Å². The van der Waals surface area contributed by atoms with Gasteiger partial charge in [0.2, 0.25) is 5.89 Å². The molecule has 0 N–H and O–H groups in total. The molecule has 0 aliphatic carbocycles. The highest BCUT2D eigenvalue weighted by Crippen LogP contribution is 2.02. The summed E-state index contributed by atoms with van der Waals surface area (Å²) < 4.78 is 9.90. The van der Waals surface area contributed by atoms with Crippen LogP contribution in [0.15, 0.2) is 4.52 Å². The minimum atomic E-state index is -0.228. The summed E-state index contributed by atoms with van der Waals surface area (Å²) in [5.74, 6) is 0.994. The number of aromatic nitrogens is 2. The van der Waals surface area contributed by atoms with Gasteiger partial charge in [0.25, 0.3) is 0 Å². The summed E-state index contributed by atoms with van der Waals surface area (Å²) in [6.45, 7) is 7.60. The van der Waals surface area contributed by atoms with Gasteiger partial charge in [-0.3, -0.25) is 9.69 Å². The van der Waals surface area contributed by atoms with Crippen LogP contribution in [0.2, 0.25) is 0 Å². The molecule has 0 aliphatic rings. The lowest BCUT2D eigenvalue weighted by molar-refractivity contribution is -0.144. The van der Waals surface area contributed by atoms with E-state index >= 15 is 0 Å². The van der Waals surface area contributed by atoms with E-state index in [9.17, 15) is 4.79 Å². The van der Waals surface area contributed by atoms with Gasteiger partial charge in [-0.2, -0.15) is 4.98 Å². The molecule has 6 heteroatoms. The second-order valence-corrected chi connectivity index (χ2v) is 3.57. The number of ether oxygens (including phenoxy) is 1. The Kier molecular flexibility index (Phi) is 5.62. The zero-order chi connectivity index (χ0) is 12.7. The van der Waals surface area contributed by atoms with E-state index in [4.69, 9.17) is 9.26 Å². The molecule has 17 heavy (non-hydrogen) atoms. The van der Waals surface area contributed by atoms with E-state index < -0.39 is 0 Å². The van der Waals surface area contributed by atoms with E-state index in [1.54, 1.807) is 6.92 Å². The molecule has 1 aromatic heterocycles. The van der Waals surface area contributed by atoms with Gasteiger partial charge in [-0.1, -0.05) is 19.0 Å². The van der Waals surface area contributed by atoms with Crippen LogP contribution < -0.4 is 0 Å². The number of carbonyl (C=O) groups excluding carboxylic acids is 1. The maximum atomic E-state index is 11.3. The van der Waals surface area contributed by atoms with Gasteiger partial charge in [0.05, 0.1) is 19.7 Å². The number of likely N-dealkylation sites (N-methyl/N-ethyl adjacent to an activating group) is 1. The zero-order valence-electron chi connectivity index (χ0n) is 10.6. The van der Waals surface area contributed by atoms with Crippen LogP contribution in [0.3, 0.4) is 0 Å². The molecule has 0 atom stereocenters. The molecule has 0 saturated carbocycles. The maximum Gasteiger partial charge on any atom is 0.320 e. The van der Waals surface area contributed by atoms with Crippen molar-refractivity contribution in [1.29, 1.82) is 0 Å². The number of esters is 1. The second-order valence-electron chi connectivity index (χ2n) is 3.57. The average molecular weight is 241 g/mol. The quantitative estimate of drug-likeness (QED) is 0.664. The smallest absolute Gasteiger partial charge is 0.320 e. The lowest BCUT2D eigenvalue weighted by atomic mass is 10.4. The van der Waals surface area contributed by atoms with E-state index in [1.807, 2.05) is 18.7 Å². The SMILES string of the molecule is CCOC(=O)CN(CC)Cc1noc(CC)n1. The Morgan fingerprint density at radius 2 is 2.18 bits per heavy atom. The summed E-state index contributed by atoms with van der Waals surface area (Å²) in [5, 5.41) is 3.85. The number of aryl methyl sites for hydroxylation is 1. The maximum absolute atomic E-state index is 11.3. The van der Waals surface area contributed by atoms with E-state index in [1.165, 1.54) is 0 Å². The van der Waals surface area contributed by atoms with Gasteiger partial charge >= 0.3 is 5.97 Å². The van der Waals surface area contributed by atoms with Gasteiger partial charge in [-0.25, -0.2) is 0 Å². The normalized spacial score (nSPS) is 10.8. The van der Waals surface area contributed by atoms with E-state index in [0.29, 0.717) is 24.9 Å². The van der Waals surface area contributed by atoms with Gasteiger partial charge in [0.1, 0.15) is 0 Å². The molecular weight excluding hydrogens is 222 g/mol. The molecule has 0 bridgehead atoms. The van der Waals surface area contributed by atoms with Crippen molar-refractivity contribution in [2.75, 3.05) is 19.7 Å². The Morgan fingerprint density at radius 1 is 1.41 bits per heavy atom. The fourth-order valence-electron chi connectivity index (χ4n) is 1.37. The number of nitrogens with zero attached hydrogens (tertiary/aromatic N) is 3. The van der Waals surface area contributed by atoms with Crippen LogP contribution in [-0.2, 0) is 22.5 Å². The number of hydrogen-bond donors (Lipinski definition) is 0. The van der Waals surface area contributed by atoms with Crippen LogP contribution >= 0.6 is 0 Å². The van der Waals surface area contributed by atoms with Crippen molar-refractivity contribution >= 4 is 5.97 Å². The van der Waals surface area contributed by atoms with Crippen molar-refractivity contribution in [3.8, 4) is 0 Å². The van der Waals surface area contributed by atoms with Crippen LogP contribution in [0.1, 0.15) is 32.5 Å². The third-order valence-electron chi connectivity index (χ3n) is 2.28. The summed E-state index contributed by atoms with van der Waals surface area (Å²) >= 11 is 0. The first-order chi connectivity index (χ1) is 8.19. The first kappa shape index (κ1) is 13.6. The average Bonchev–Trinajstić information content (AvgIpc) is 2.76. The largest absolute Gasteiger partial charge is 0.465 e. The molecular formula is C11H19N3O3. The van der Waals surface area contributed by atoms with Crippen molar-refractivity contribution in [2.24, 2.45) is 0 Å². The summed E-state index contributed by atoms with van der Waals surface area (Å²) in [4.78, 5) is 17.4. The number of hydrogen-bond acceptors (Lipinski definition) is 6. The number of carbonyl (C=O) groups is 1. The van der Waals surface area contributed by atoms with E-state index in [0.717, 1.165) is 13.0 Å². The van der Waals surface area contributed by atoms with Crippen molar-refractivity contribution in [2.45, 2.75) is 33.7 Å². The summed E-state index contributed by atoms with van der Waals surface area (Å²) in [5.41, 5.74) is 0. The first-order valence-corrected chi connectivity index (χ1v) is 5.89. The van der Waals surface area contributed by atoms with E-state index in [2.05, 4.69) is 10.1 Å². The van der Waals surface area contributed by atoms with Crippen LogP contribution in [-0.4, -0.2) is 40.7 Å². The minimum Gasteiger partial charge on any atom is -0.465 e. The third kappa shape index (κ3) is 4.52. The molecule has 0 amide bonds. The molecule has 1 heterocycles. The van der Waals surface area contributed by atoms with Crippen molar-refractivity contribution in [3.63, 3.8) is 0 Å². The van der Waals surface area contributed by atoms with Crippen LogP contribution in [0, 0.1) is 0 Å². The molecule has 0 spiro atoms. The highest BCUT2D eigenvalue weighted by atomic mass is 16.5. The molecule has 0 unspecified atom stereocenters. The molecule has 1 aromatic rings. The van der Waals surface area contributed by atoms with Gasteiger partial charge in [-0.15, -0.1) is 0 Å². The van der Waals surface area contributed by atoms with Crippen molar-refractivity contribution in [3.05, 3.63) is 11.7 Å². The summed E-state index contributed by atoms with van der Waals surface area (Å²) in [7, 11) is 0. The summed E-state index contributed by atoms with van der Waals surface area (Å²) in [6, 6.07) is 0. The summed E-state index contributed by atoms with van der Waals surface area (Å²) in [6.07, 6.45) is 0.719. The van der Waals surface area contributed by atoms with Crippen LogP contribution in [0.5, 0.6) is 0 Å². The predicted octanol–water partition coefficient (Wildman–Crippen LogP) is 1.02. The molecule has 1 rings (SSSR count). The molecule has 0 fully saturated rings. The topological polar surface area (TPSA) is 68.5 Å². The van der Waals surface area contributed by atoms with Gasteiger partial charge < -0.3 is 9.26 Å². The van der Waals surface area contributed by atoms with Gasteiger partial charge in [-0.05, 0) is 13.5 Å². The fourth-order valence-corrected chi connectivity index (χ4v) is 1.37. The molecule has 0 aliphatic heterocycles. The van der Waals surface area contributed by atoms with Gasteiger partial charge in [0, 0.05) is 6.42 Å². The number of rotatable bonds is 7. The monoisotopic (exact) mass is 241 g/mol. The van der Waals surface area contributed by atoms with E-state index in [-0.39, 0.29) is 12.5 Å². The molecule has 96 valence electrons. The standard InChI is InChI=1S/C11H19N3O3/c1-4-10-12-9(13-17-10)7-14(5-2)8-11(15)16-6-3/h4-8H2,1-3H3. The first-order valence-electron chi connectivity index (χ1n) is 5.89. The van der Waals surface area contributed by atoms with Crippen LogP contribution in [0.4, 0.5) is 0 Å². The van der Waals surface area contributed by atoms with Crippen molar-refractivity contribution in [1.82, 2.24) is 15.0 Å². The Labute approximate surface area is 101 Å². The van der Waals surface area contributed by atoms with Crippen molar-refractivity contribution < 1.29 is 14.1 Å². The lowest BCUT2D eigenvalue weighted by Crippen LogP contribution is -2.30. The second kappa shape index (κ2) is 7.01. The highest BCUT2D eigenvalue weighted by Gasteiger charge is 2.13. The Morgan fingerprint density at radius 3 is 2.71 bits per heavy atom. The van der Waals surface area contributed by atoms with Gasteiger partial charge in [0.15, 0.2) is 5.82 Å². The predicted molar refractivity (Wildman–Crippen MR) is 61.3 cm³/mol. The minimum absolute atomic E-state index is 0.228. The third-order valence-corrected chi connectivity index (χ3v) is 2.28. The highest BCUT2D eigenvalue weighted by molar-refractivity contribution is 5.71. The molecule has 0 aromatic carbocycles. The Hall–Kier alpha value is -1.43. The Bertz CT molecular complexity index is 351. The zero-order valence-corrected chi connectivity index (χ0v) is 10.6. The fraction of sp³-hybridized carbons (Fsp3) is 0.727. The molecule has 6 nitrogen and oxygen atoms in total. The Balaban J connectivity index is 2.48.